The van der Waals surface area contributed by atoms with Gasteiger partial charge in [0.15, 0.2) is 0 Å². The second-order valence-corrected chi connectivity index (χ2v) is 5.25. The fourth-order valence-electron chi connectivity index (χ4n) is 1.60. The molecular weight excluding hydrogens is 317 g/mol. The monoisotopic (exact) mass is 323 g/mol. The molecule has 0 bridgehead atoms. The molecule has 1 heterocycles. The molecule has 90 valence electrons. The maximum absolute atomic E-state index is 13.0. The molecule has 0 saturated heterocycles. The van der Waals surface area contributed by atoms with Crippen LogP contribution in [-0.2, 0) is 0 Å². The Kier molecular flexibility index (Phi) is 3.01. The standard InChI is InChI=1S/C13H7BrFNOS/c14-10-7-8(15)5-6-12(10)17-13-9-3-1-2-4-11(9)16-18-13/h1-7H. The Morgan fingerprint density at radius 3 is 2.83 bits per heavy atom. The van der Waals surface area contributed by atoms with Crippen LogP contribution in [0.1, 0.15) is 0 Å². The Morgan fingerprint density at radius 1 is 1.17 bits per heavy atom. The molecule has 0 fully saturated rings. The van der Waals surface area contributed by atoms with Gasteiger partial charge >= 0.3 is 0 Å². The van der Waals surface area contributed by atoms with Crippen LogP contribution in [0.5, 0.6) is 10.8 Å². The predicted octanol–water partition coefficient (Wildman–Crippen LogP) is 4.99. The Morgan fingerprint density at radius 2 is 2.00 bits per heavy atom. The third-order valence-electron chi connectivity index (χ3n) is 2.45. The zero-order valence-electron chi connectivity index (χ0n) is 9.06. The number of hydrogen-bond donors (Lipinski definition) is 0. The molecule has 5 heteroatoms. The van der Waals surface area contributed by atoms with E-state index in [0.717, 1.165) is 10.9 Å². The van der Waals surface area contributed by atoms with Gasteiger partial charge in [0.2, 0.25) is 5.06 Å². The van der Waals surface area contributed by atoms with Crippen molar-refractivity contribution in [2.24, 2.45) is 0 Å². The van der Waals surface area contributed by atoms with Crippen LogP contribution < -0.4 is 4.74 Å². The fourth-order valence-corrected chi connectivity index (χ4v) is 2.77. The molecule has 0 spiro atoms. The van der Waals surface area contributed by atoms with Gasteiger partial charge in [0.25, 0.3) is 0 Å². The van der Waals surface area contributed by atoms with E-state index in [1.807, 2.05) is 24.3 Å². The van der Waals surface area contributed by atoms with Gasteiger partial charge < -0.3 is 4.74 Å². The smallest absolute Gasteiger partial charge is 0.207 e. The predicted molar refractivity (Wildman–Crippen MR) is 73.8 cm³/mol. The molecule has 2 nitrogen and oxygen atoms in total. The Balaban J connectivity index is 2.01. The van der Waals surface area contributed by atoms with E-state index in [1.165, 1.54) is 23.7 Å². The first kappa shape index (κ1) is 11.6. The first-order chi connectivity index (χ1) is 8.74. The van der Waals surface area contributed by atoms with Crippen molar-refractivity contribution in [3.63, 3.8) is 0 Å². The highest BCUT2D eigenvalue weighted by atomic mass is 79.9. The molecule has 0 aliphatic heterocycles. The highest BCUT2D eigenvalue weighted by Gasteiger charge is 2.10. The van der Waals surface area contributed by atoms with Crippen LogP contribution in [0.25, 0.3) is 10.9 Å². The van der Waals surface area contributed by atoms with Crippen molar-refractivity contribution in [2.45, 2.75) is 0 Å². The number of halogens is 2. The van der Waals surface area contributed by atoms with E-state index in [4.69, 9.17) is 4.74 Å². The van der Waals surface area contributed by atoms with E-state index in [9.17, 15) is 4.39 Å². The number of ether oxygens (including phenoxy) is 1. The summed E-state index contributed by atoms with van der Waals surface area (Å²) in [5, 5.41) is 1.66. The third-order valence-corrected chi connectivity index (χ3v) is 3.82. The molecule has 1 aromatic heterocycles. The second kappa shape index (κ2) is 4.66. The van der Waals surface area contributed by atoms with Crippen molar-refractivity contribution in [3.8, 4) is 10.8 Å². The average molecular weight is 324 g/mol. The van der Waals surface area contributed by atoms with Gasteiger partial charge in [0.1, 0.15) is 11.6 Å². The lowest BCUT2D eigenvalue weighted by Crippen LogP contribution is -1.84. The topological polar surface area (TPSA) is 22.1 Å². The molecule has 18 heavy (non-hydrogen) atoms. The summed E-state index contributed by atoms with van der Waals surface area (Å²) < 4.78 is 23.6. The van der Waals surface area contributed by atoms with Gasteiger partial charge in [-0.1, -0.05) is 12.1 Å². The van der Waals surface area contributed by atoms with Gasteiger partial charge in [-0.2, -0.15) is 4.37 Å². The Bertz CT molecular complexity index is 713. The van der Waals surface area contributed by atoms with Crippen molar-refractivity contribution in [2.75, 3.05) is 0 Å². The third kappa shape index (κ3) is 2.11. The minimum absolute atomic E-state index is 0.302. The van der Waals surface area contributed by atoms with E-state index < -0.39 is 0 Å². The van der Waals surface area contributed by atoms with Crippen molar-refractivity contribution >= 4 is 38.4 Å². The average Bonchev–Trinajstić information content (AvgIpc) is 2.76. The minimum Gasteiger partial charge on any atom is -0.443 e. The highest BCUT2D eigenvalue weighted by molar-refractivity contribution is 9.10. The summed E-state index contributed by atoms with van der Waals surface area (Å²) in [7, 11) is 0. The van der Waals surface area contributed by atoms with Crippen LogP contribution >= 0.6 is 27.5 Å². The normalized spacial score (nSPS) is 10.8. The van der Waals surface area contributed by atoms with Crippen LogP contribution in [0.2, 0.25) is 0 Å². The van der Waals surface area contributed by atoms with E-state index in [0.29, 0.717) is 15.3 Å². The van der Waals surface area contributed by atoms with Crippen LogP contribution in [0, 0.1) is 5.82 Å². The van der Waals surface area contributed by atoms with E-state index in [-0.39, 0.29) is 5.82 Å². The molecule has 0 aliphatic rings. The maximum atomic E-state index is 13.0. The minimum atomic E-state index is -0.302. The molecule has 0 amide bonds. The molecule has 0 atom stereocenters. The number of benzene rings is 2. The maximum Gasteiger partial charge on any atom is 0.207 e. The Labute approximate surface area is 115 Å². The van der Waals surface area contributed by atoms with Gasteiger partial charge in [-0.3, -0.25) is 0 Å². The van der Waals surface area contributed by atoms with Crippen molar-refractivity contribution < 1.29 is 9.13 Å². The molecule has 3 aromatic rings. The summed E-state index contributed by atoms with van der Waals surface area (Å²) in [5.74, 6) is 0.272. The summed E-state index contributed by atoms with van der Waals surface area (Å²) in [4.78, 5) is 0. The van der Waals surface area contributed by atoms with Gasteiger partial charge in [-0.25, -0.2) is 4.39 Å². The molecule has 0 radical (unpaired) electrons. The number of aromatic nitrogens is 1. The Hall–Kier alpha value is -1.46. The lowest BCUT2D eigenvalue weighted by atomic mass is 10.2. The van der Waals surface area contributed by atoms with Gasteiger partial charge in [-0.15, -0.1) is 0 Å². The summed E-state index contributed by atoms with van der Waals surface area (Å²) in [6.45, 7) is 0. The molecule has 3 rings (SSSR count). The first-order valence-corrected chi connectivity index (χ1v) is 6.78. The van der Waals surface area contributed by atoms with Crippen LogP contribution in [0.3, 0.4) is 0 Å². The van der Waals surface area contributed by atoms with E-state index >= 15 is 0 Å². The largest absolute Gasteiger partial charge is 0.443 e. The zero-order chi connectivity index (χ0) is 12.5. The lowest BCUT2D eigenvalue weighted by Gasteiger charge is -2.05. The van der Waals surface area contributed by atoms with Gasteiger partial charge in [-0.05, 0) is 46.3 Å². The second-order valence-electron chi connectivity index (χ2n) is 3.66. The number of rotatable bonds is 2. The SMILES string of the molecule is Fc1ccc(Oc2snc3ccccc23)c(Br)c1. The summed E-state index contributed by atoms with van der Waals surface area (Å²) in [5.41, 5.74) is 0.899. The van der Waals surface area contributed by atoms with Gasteiger partial charge in [0, 0.05) is 11.5 Å². The van der Waals surface area contributed by atoms with Crippen LogP contribution in [0.4, 0.5) is 4.39 Å². The molecule has 2 aromatic carbocycles. The van der Waals surface area contributed by atoms with E-state index in [2.05, 4.69) is 20.3 Å². The number of hydrogen-bond acceptors (Lipinski definition) is 3. The highest BCUT2D eigenvalue weighted by Crippen LogP contribution is 2.36. The molecule has 0 N–H and O–H groups in total. The van der Waals surface area contributed by atoms with E-state index in [1.54, 1.807) is 6.07 Å². The lowest BCUT2D eigenvalue weighted by molar-refractivity contribution is 0.495. The fraction of sp³-hybridized carbons (Fsp3) is 0. The zero-order valence-corrected chi connectivity index (χ0v) is 11.5. The molecular formula is C13H7BrFNOS. The summed E-state index contributed by atoms with van der Waals surface area (Å²) in [6.07, 6.45) is 0. The number of nitrogens with zero attached hydrogens (tertiary/aromatic N) is 1. The summed E-state index contributed by atoms with van der Waals surface area (Å²) in [6, 6.07) is 12.1. The molecule has 0 saturated carbocycles. The van der Waals surface area contributed by atoms with Crippen LogP contribution in [0.15, 0.2) is 46.9 Å². The van der Waals surface area contributed by atoms with Crippen LogP contribution in [-0.4, -0.2) is 4.37 Å². The van der Waals surface area contributed by atoms with Crippen molar-refractivity contribution in [1.29, 1.82) is 0 Å². The molecule has 0 unspecified atom stereocenters. The quantitative estimate of drug-likeness (QED) is 0.662. The first-order valence-electron chi connectivity index (χ1n) is 5.21. The van der Waals surface area contributed by atoms with Crippen molar-refractivity contribution in [3.05, 3.63) is 52.8 Å². The summed E-state index contributed by atoms with van der Waals surface area (Å²) >= 11 is 4.56. The number of fused-ring (bicyclic) bond motifs is 1. The van der Waals surface area contributed by atoms with Gasteiger partial charge in [0.05, 0.1) is 15.4 Å². The molecule has 0 aliphatic carbocycles. The van der Waals surface area contributed by atoms with Crippen molar-refractivity contribution in [1.82, 2.24) is 4.37 Å².